The molecule has 6 heteroatoms. The van der Waals surface area contributed by atoms with Crippen molar-refractivity contribution in [2.45, 2.75) is 39.2 Å². The summed E-state index contributed by atoms with van der Waals surface area (Å²) in [6.45, 7) is 4.98. The SMILES string of the molecule is Cc1nc(CN2CCCCCC2)sc1C(=O)NN. The standard InChI is InChI=1S/C12H20N4OS/c1-9-11(12(17)15-13)18-10(14-9)8-16-6-4-2-3-5-7-16/h2-8,13H2,1H3,(H,15,17). The van der Waals surface area contributed by atoms with E-state index in [-0.39, 0.29) is 5.91 Å². The number of aryl methyl sites for hydroxylation is 1. The lowest BCUT2D eigenvalue weighted by atomic mass is 10.2. The minimum atomic E-state index is -0.243. The first-order valence-electron chi connectivity index (χ1n) is 6.40. The molecule has 0 bridgehead atoms. The molecule has 1 aromatic rings. The molecule has 2 rings (SSSR count). The Kier molecular flexibility index (Phi) is 4.68. The average Bonchev–Trinajstić information content (AvgIpc) is 2.57. The highest BCUT2D eigenvalue weighted by Crippen LogP contribution is 2.20. The van der Waals surface area contributed by atoms with Gasteiger partial charge in [0, 0.05) is 0 Å². The van der Waals surface area contributed by atoms with Crippen LogP contribution in [0.1, 0.15) is 46.1 Å². The summed E-state index contributed by atoms with van der Waals surface area (Å²) in [6.07, 6.45) is 5.18. The summed E-state index contributed by atoms with van der Waals surface area (Å²) < 4.78 is 0. The van der Waals surface area contributed by atoms with E-state index in [1.807, 2.05) is 6.92 Å². The van der Waals surface area contributed by atoms with Crippen LogP contribution in [0.4, 0.5) is 0 Å². The van der Waals surface area contributed by atoms with Gasteiger partial charge in [-0.1, -0.05) is 12.8 Å². The summed E-state index contributed by atoms with van der Waals surface area (Å²) in [5, 5.41) is 1.01. The number of rotatable bonds is 3. The molecular formula is C12H20N4OS. The van der Waals surface area contributed by atoms with Crippen LogP contribution in [0.5, 0.6) is 0 Å². The second-order valence-electron chi connectivity index (χ2n) is 4.69. The van der Waals surface area contributed by atoms with E-state index < -0.39 is 0 Å². The van der Waals surface area contributed by atoms with Gasteiger partial charge in [-0.2, -0.15) is 0 Å². The van der Waals surface area contributed by atoms with E-state index in [1.165, 1.54) is 37.0 Å². The van der Waals surface area contributed by atoms with Gasteiger partial charge >= 0.3 is 0 Å². The van der Waals surface area contributed by atoms with E-state index in [4.69, 9.17) is 5.84 Å². The van der Waals surface area contributed by atoms with Gasteiger partial charge in [0.25, 0.3) is 5.91 Å². The number of aromatic nitrogens is 1. The number of thiazole rings is 1. The molecule has 1 amide bonds. The van der Waals surface area contributed by atoms with E-state index in [0.717, 1.165) is 30.3 Å². The Balaban J connectivity index is 2.02. The van der Waals surface area contributed by atoms with Gasteiger partial charge in [-0.25, -0.2) is 10.8 Å². The van der Waals surface area contributed by atoms with Crippen LogP contribution in [-0.2, 0) is 6.54 Å². The van der Waals surface area contributed by atoms with E-state index in [2.05, 4.69) is 15.3 Å². The molecule has 1 aliphatic heterocycles. The topological polar surface area (TPSA) is 71.2 Å². The average molecular weight is 268 g/mol. The highest BCUT2D eigenvalue weighted by molar-refractivity contribution is 7.13. The lowest BCUT2D eigenvalue weighted by Gasteiger charge is -2.17. The Morgan fingerprint density at radius 3 is 2.67 bits per heavy atom. The third-order valence-electron chi connectivity index (χ3n) is 3.24. The van der Waals surface area contributed by atoms with Gasteiger partial charge in [-0.15, -0.1) is 11.3 Å². The molecule has 0 aromatic carbocycles. The smallest absolute Gasteiger partial charge is 0.277 e. The zero-order valence-electron chi connectivity index (χ0n) is 10.7. The molecule has 0 saturated carbocycles. The molecule has 100 valence electrons. The summed E-state index contributed by atoms with van der Waals surface area (Å²) >= 11 is 1.45. The maximum Gasteiger partial charge on any atom is 0.277 e. The summed E-state index contributed by atoms with van der Waals surface area (Å²) in [5.41, 5.74) is 2.94. The number of hydrogen-bond acceptors (Lipinski definition) is 5. The van der Waals surface area contributed by atoms with Crippen molar-refractivity contribution in [3.63, 3.8) is 0 Å². The molecule has 0 spiro atoms. The number of likely N-dealkylation sites (tertiary alicyclic amines) is 1. The molecule has 3 N–H and O–H groups in total. The van der Waals surface area contributed by atoms with E-state index in [0.29, 0.717) is 4.88 Å². The predicted molar refractivity (Wildman–Crippen MR) is 72.2 cm³/mol. The van der Waals surface area contributed by atoms with Crippen LogP contribution in [0.2, 0.25) is 0 Å². The van der Waals surface area contributed by atoms with E-state index in [1.54, 1.807) is 0 Å². The van der Waals surface area contributed by atoms with Gasteiger partial charge in [0.2, 0.25) is 0 Å². The first-order valence-corrected chi connectivity index (χ1v) is 7.22. The number of nitrogens with two attached hydrogens (primary N) is 1. The van der Waals surface area contributed by atoms with Crippen molar-refractivity contribution in [3.8, 4) is 0 Å². The van der Waals surface area contributed by atoms with Gasteiger partial charge in [0.15, 0.2) is 0 Å². The van der Waals surface area contributed by atoms with Crippen LogP contribution in [0.3, 0.4) is 0 Å². The third kappa shape index (κ3) is 3.28. The predicted octanol–water partition coefficient (Wildman–Crippen LogP) is 1.43. The highest BCUT2D eigenvalue weighted by atomic mass is 32.1. The Labute approximate surface area is 111 Å². The fourth-order valence-corrected chi connectivity index (χ4v) is 3.29. The van der Waals surface area contributed by atoms with Crippen LogP contribution < -0.4 is 11.3 Å². The van der Waals surface area contributed by atoms with Crippen molar-refractivity contribution in [2.75, 3.05) is 13.1 Å². The number of hydrazine groups is 1. The molecular weight excluding hydrogens is 248 g/mol. The van der Waals surface area contributed by atoms with Crippen LogP contribution in [0.25, 0.3) is 0 Å². The Morgan fingerprint density at radius 1 is 1.39 bits per heavy atom. The fourth-order valence-electron chi connectivity index (χ4n) is 2.28. The van der Waals surface area contributed by atoms with Crippen molar-refractivity contribution in [2.24, 2.45) is 5.84 Å². The summed E-state index contributed by atoms with van der Waals surface area (Å²) in [6, 6.07) is 0. The summed E-state index contributed by atoms with van der Waals surface area (Å²) in [5.74, 6) is 4.91. The summed E-state index contributed by atoms with van der Waals surface area (Å²) in [7, 11) is 0. The normalized spacial score (nSPS) is 17.4. The molecule has 1 fully saturated rings. The highest BCUT2D eigenvalue weighted by Gasteiger charge is 2.16. The van der Waals surface area contributed by atoms with Crippen LogP contribution >= 0.6 is 11.3 Å². The number of hydrogen-bond donors (Lipinski definition) is 2. The second-order valence-corrected chi connectivity index (χ2v) is 5.77. The van der Waals surface area contributed by atoms with Crippen molar-refractivity contribution < 1.29 is 4.79 Å². The van der Waals surface area contributed by atoms with Crippen LogP contribution in [0.15, 0.2) is 0 Å². The Bertz CT molecular complexity index is 410. The second kappa shape index (κ2) is 6.26. The summed E-state index contributed by atoms with van der Waals surface area (Å²) in [4.78, 5) is 19.0. The third-order valence-corrected chi connectivity index (χ3v) is 4.38. The van der Waals surface area contributed by atoms with Gasteiger partial charge < -0.3 is 0 Å². The molecule has 0 atom stereocenters. The van der Waals surface area contributed by atoms with Gasteiger partial charge in [0.1, 0.15) is 9.88 Å². The Morgan fingerprint density at radius 2 is 2.06 bits per heavy atom. The minimum absolute atomic E-state index is 0.243. The number of carbonyl (C=O) groups is 1. The number of nitrogens with zero attached hydrogens (tertiary/aromatic N) is 2. The number of carbonyl (C=O) groups excluding carboxylic acids is 1. The monoisotopic (exact) mass is 268 g/mol. The maximum absolute atomic E-state index is 11.5. The number of nitrogens with one attached hydrogen (secondary N) is 1. The van der Waals surface area contributed by atoms with Crippen molar-refractivity contribution in [1.82, 2.24) is 15.3 Å². The first kappa shape index (κ1) is 13.5. The molecule has 1 aromatic heterocycles. The number of amides is 1. The quantitative estimate of drug-likeness (QED) is 0.494. The van der Waals surface area contributed by atoms with Gasteiger partial charge in [-0.05, 0) is 32.9 Å². The van der Waals surface area contributed by atoms with Crippen molar-refractivity contribution >= 4 is 17.2 Å². The van der Waals surface area contributed by atoms with E-state index in [9.17, 15) is 4.79 Å². The molecule has 1 aliphatic rings. The van der Waals surface area contributed by atoms with Crippen LogP contribution in [0, 0.1) is 6.92 Å². The Hall–Kier alpha value is -0.980. The molecule has 0 radical (unpaired) electrons. The largest absolute Gasteiger partial charge is 0.297 e. The van der Waals surface area contributed by atoms with Crippen LogP contribution in [-0.4, -0.2) is 28.9 Å². The molecule has 0 unspecified atom stereocenters. The lowest BCUT2D eigenvalue weighted by Crippen LogP contribution is -2.29. The molecule has 18 heavy (non-hydrogen) atoms. The zero-order valence-corrected chi connectivity index (χ0v) is 11.6. The molecule has 1 saturated heterocycles. The molecule has 2 heterocycles. The maximum atomic E-state index is 11.5. The molecule has 0 aliphatic carbocycles. The van der Waals surface area contributed by atoms with E-state index >= 15 is 0 Å². The van der Waals surface area contributed by atoms with Crippen molar-refractivity contribution in [1.29, 1.82) is 0 Å². The zero-order chi connectivity index (χ0) is 13.0. The fraction of sp³-hybridized carbons (Fsp3) is 0.667. The number of nitrogen functional groups attached to an aromatic ring is 1. The van der Waals surface area contributed by atoms with Gasteiger partial charge in [0.05, 0.1) is 12.2 Å². The first-order chi connectivity index (χ1) is 8.70. The lowest BCUT2D eigenvalue weighted by molar-refractivity contribution is 0.0957. The van der Waals surface area contributed by atoms with Crippen molar-refractivity contribution in [3.05, 3.63) is 15.6 Å². The molecule has 5 nitrogen and oxygen atoms in total. The minimum Gasteiger partial charge on any atom is -0.297 e. The van der Waals surface area contributed by atoms with Gasteiger partial charge in [-0.3, -0.25) is 15.1 Å².